The number of hydrogen-bond donors (Lipinski definition) is 0. The molecule has 1 aliphatic heterocycles. The maximum Gasteiger partial charge on any atom is 0.324 e. The van der Waals surface area contributed by atoms with Crippen molar-refractivity contribution in [1.29, 1.82) is 0 Å². The standard InChI is InChI=1S/C21H21ClFNO5S/c1-14(25)15-6-9-18(10-7-15)30(27,28)24-11-3-2-4-20(24)21(26)29-13-16-5-8-17(23)12-19(16)22/h5-10,12,20H,2-4,11,13H2,1H3. The molecule has 0 saturated carbocycles. The van der Waals surface area contributed by atoms with Crippen molar-refractivity contribution >= 4 is 33.4 Å². The molecule has 0 radical (unpaired) electrons. The summed E-state index contributed by atoms with van der Waals surface area (Å²) in [6.45, 7) is 1.40. The Morgan fingerprint density at radius 1 is 1.17 bits per heavy atom. The number of piperidine rings is 1. The van der Waals surface area contributed by atoms with Gasteiger partial charge < -0.3 is 4.74 Å². The number of esters is 1. The van der Waals surface area contributed by atoms with Crippen molar-refractivity contribution < 1.29 is 27.1 Å². The van der Waals surface area contributed by atoms with Crippen LogP contribution in [0.25, 0.3) is 0 Å². The highest BCUT2D eigenvalue weighted by Crippen LogP contribution is 2.27. The van der Waals surface area contributed by atoms with E-state index in [0.717, 1.165) is 10.4 Å². The number of carbonyl (C=O) groups is 2. The van der Waals surface area contributed by atoms with E-state index in [4.69, 9.17) is 16.3 Å². The molecule has 0 aliphatic carbocycles. The van der Waals surface area contributed by atoms with E-state index in [1.807, 2.05) is 0 Å². The lowest BCUT2D eigenvalue weighted by atomic mass is 10.1. The van der Waals surface area contributed by atoms with Crippen molar-refractivity contribution in [2.24, 2.45) is 0 Å². The molecular weight excluding hydrogens is 433 g/mol. The Bertz CT molecular complexity index is 1060. The third-order valence-electron chi connectivity index (χ3n) is 4.98. The number of halogens is 2. The zero-order valence-electron chi connectivity index (χ0n) is 16.3. The van der Waals surface area contributed by atoms with Gasteiger partial charge in [0.05, 0.1) is 9.92 Å². The summed E-state index contributed by atoms with van der Waals surface area (Å²) in [5.41, 5.74) is 0.830. The van der Waals surface area contributed by atoms with Gasteiger partial charge in [0.1, 0.15) is 18.5 Å². The predicted octanol–water partition coefficient (Wildman–Crippen LogP) is 3.97. The average Bonchev–Trinajstić information content (AvgIpc) is 2.73. The fourth-order valence-corrected chi connectivity index (χ4v) is 5.18. The SMILES string of the molecule is CC(=O)c1ccc(S(=O)(=O)N2CCCCC2C(=O)OCc2ccc(F)cc2Cl)cc1. The maximum absolute atomic E-state index is 13.2. The van der Waals surface area contributed by atoms with E-state index >= 15 is 0 Å². The number of rotatable bonds is 6. The van der Waals surface area contributed by atoms with Crippen molar-refractivity contribution in [1.82, 2.24) is 4.31 Å². The van der Waals surface area contributed by atoms with Crippen LogP contribution in [0.1, 0.15) is 42.1 Å². The van der Waals surface area contributed by atoms with Crippen LogP contribution >= 0.6 is 11.6 Å². The summed E-state index contributed by atoms with van der Waals surface area (Å²) in [5, 5.41) is 0.126. The van der Waals surface area contributed by atoms with Crippen LogP contribution in [0.2, 0.25) is 5.02 Å². The maximum atomic E-state index is 13.2. The lowest BCUT2D eigenvalue weighted by Gasteiger charge is -2.33. The van der Waals surface area contributed by atoms with Crippen LogP contribution in [0.15, 0.2) is 47.4 Å². The van der Waals surface area contributed by atoms with Crippen molar-refractivity contribution in [3.63, 3.8) is 0 Å². The van der Waals surface area contributed by atoms with Crippen LogP contribution < -0.4 is 0 Å². The Hall–Kier alpha value is -2.29. The van der Waals surface area contributed by atoms with E-state index in [2.05, 4.69) is 0 Å². The van der Waals surface area contributed by atoms with E-state index in [-0.39, 0.29) is 28.9 Å². The van der Waals surface area contributed by atoms with E-state index < -0.39 is 27.9 Å². The monoisotopic (exact) mass is 453 g/mol. The molecule has 1 atom stereocenters. The molecule has 2 aromatic rings. The number of benzene rings is 2. The molecule has 1 heterocycles. The number of nitrogens with zero attached hydrogens (tertiary/aromatic N) is 1. The van der Waals surface area contributed by atoms with E-state index in [1.54, 1.807) is 0 Å². The first-order chi connectivity index (χ1) is 14.2. The first-order valence-electron chi connectivity index (χ1n) is 9.43. The van der Waals surface area contributed by atoms with Gasteiger partial charge in [-0.05, 0) is 50.5 Å². The summed E-state index contributed by atoms with van der Waals surface area (Å²) >= 11 is 5.95. The molecule has 9 heteroatoms. The van der Waals surface area contributed by atoms with Gasteiger partial charge in [-0.15, -0.1) is 0 Å². The first-order valence-corrected chi connectivity index (χ1v) is 11.3. The first kappa shape index (κ1) is 22.4. The van der Waals surface area contributed by atoms with Crippen LogP contribution in [0.5, 0.6) is 0 Å². The smallest absolute Gasteiger partial charge is 0.324 e. The van der Waals surface area contributed by atoms with Gasteiger partial charge in [0.15, 0.2) is 5.78 Å². The van der Waals surface area contributed by atoms with Crippen LogP contribution in [0, 0.1) is 5.82 Å². The van der Waals surface area contributed by atoms with Gasteiger partial charge in [0, 0.05) is 17.7 Å². The van der Waals surface area contributed by atoms with Gasteiger partial charge in [-0.2, -0.15) is 4.31 Å². The molecule has 1 saturated heterocycles. The molecule has 1 aliphatic rings. The molecular formula is C21H21ClFNO5S. The molecule has 160 valence electrons. The van der Waals surface area contributed by atoms with E-state index in [0.29, 0.717) is 30.4 Å². The Balaban J connectivity index is 1.77. The third kappa shape index (κ3) is 4.88. The average molecular weight is 454 g/mol. The second kappa shape index (κ2) is 9.24. The minimum atomic E-state index is -3.95. The Kier molecular flexibility index (Phi) is 6.90. The van der Waals surface area contributed by atoms with Gasteiger partial charge in [-0.25, -0.2) is 12.8 Å². The number of ketones is 1. The Morgan fingerprint density at radius 2 is 1.87 bits per heavy atom. The van der Waals surface area contributed by atoms with Crippen LogP contribution in [0.3, 0.4) is 0 Å². The fourth-order valence-electron chi connectivity index (χ4n) is 3.31. The van der Waals surface area contributed by atoms with Crippen molar-refractivity contribution in [2.75, 3.05) is 6.54 Å². The summed E-state index contributed by atoms with van der Waals surface area (Å²) in [4.78, 5) is 24.1. The molecule has 0 N–H and O–H groups in total. The minimum Gasteiger partial charge on any atom is -0.460 e. The molecule has 2 aromatic carbocycles. The number of hydrogen-bond acceptors (Lipinski definition) is 5. The molecule has 30 heavy (non-hydrogen) atoms. The van der Waals surface area contributed by atoms with Gasteiger partial charge >= 0.3 is 5.97 Å². The summed E-state index contributed by atoms with van der Waals surface area (Å²) < 4.78 is 45.9. The molecule has 3 rings (SSSR count). The molecule has 6 nitrogen and oxygen atoms in total. The van der Waals surface area contributed by atoms with Crippen molar-refractivity contribution in [2.45, 2.75) is 43.7 Å². The molecule has 0 aromatic heterocycles. The second-order valence-corrected chi connectivity index (χ2v) is 9.35. The van der Waals surface area contributed by atoms with Gasteiger partial charge in [0.2, 0.25) is 10.0 Å². The molecule has 0 spiro atoms. The minimum absolute atomic E-state index is 0.00813. The molecule has 1 fully saturated rings. The molecule has 1 unspecified atom stereocenters. The number of sulfonamides is 1. The Morgan fingerprint density at radius 3 is 2.50 bits per heavy atom. The zero-order chi connectivity index (χ0) is 21.9. The van der Waals surface area contributed by atoms with Gasteiger partial charge in [0.25, 0.3) is 0 Å². The van der Waals surface area contributed by atoms with Crippen LogP contribution in [0.4, 0.5) is 4.39 Å². The van der Waals surface area contributed by atoms with Crippen molar-refractivity contribution in [3.8, 4) is 0 Å². The predicted molar refractivity (Wildman–Crippen MR) is 109 cm³/mol. The largest absolute Gasteiger partial charge is 0.460 e. The highest BCUT2D eigenvalue weighted by atomic mass is 35.5. The zero-order valence-corrected chi connectivity index (χ0v) is 17.9. The lowest BCUT2D eigenvalue weighted by molar-refractivity contribution is -0.150. The number of carbonyl (C=O) groups excluding carboxylic acids is 2. The van der Waals surface area contributed by atoms with Crippen LogP contribution in [-0.4, -0.2) is 37.1 Å². The summed E-state index contributed by atoms with van der Waals surface area (Å²) in [5.74, 6) is -1.35. The summed E-state index contributed by atoms with van der Waals surface area (Å²) in [6.07, 6.45) is 1.64. The topological polar surface area (TPSA) is 80.8 Å². The van der Waals surface area contributed by atoms with Crippen LogP contribution in [-0.2, 0) is 26.2 Å². The number of ether oxygens (including phenoxy) is 1. The van der Waals surface area contributed by atoms with Gasteiger partial charge in [-0.3, -0.25) is 9.59 Å². The molecule has 0 bridgehead atoms. The normalized spacial score (nSPS) is 17.5. The fraction of sp³-hybridized carbons (Fsp3) is 0.333. The Labute approximate surface area is 179 Å². The highest BCUT2D eigenvalue weighted by Gasteiger charge is 2.38. The molecule has 0 amide bonds. The summed E-state index contributed by atoms with van der Waals surface area (Å²) in [6, 6.07) is 8.39. The summed E-state index contributed by atoms with van der Waals surface area (Å²) in [7, 11) is -3.95. The second-order valence-electron chi connectivity index (χ2n) is 7.05. The third-order valence-corrected chi connectivity index (χ3v) is 7.25. The lowest BCUT2D eigenvalue weighted by Crippen LogP contribution is -2.48. The number of Topliss-reactive ketones (excluding diaryl/α,β-unsaturated/α-hetero) is 1. The van der Waals surface area contributed by atoms with Gasteiger partial charge in [-0.1, -0.05) is 29.8 Å². The van der Waals surface area contributed by atoms with E-state index in [1.165, 1.54) is 43.3 Å². The van der Waals surface area contributed by atoms with E-state index in [9.17, 15) is 22.4 Å². The quantitative estimate of drug-likeness (QED) is 0.488. The highest BCUT2D eigenvalue weighted by molar-refractivity contribution is 7.89. The van der Waals surface area contributed by atoms with Crippen molar-refractivity contribution in [3.05, 3.63) is 64.4 Å².